The summed E-state index contributed by atoms with van der Waals surface area (Å²) in [7, 11) is 0. The molecule has 2 aromatic rings. The van der Waals surface area contributed by atoms with Gasteiger partial charge in [0.2, 0.25) is 6.10 Å². The second kappa shape index (κ2) is 9.21. The smallest absolute Gasteiger partial charge is 0.351 e. The summed E-state index contributed by atoms with van der Waals surface area (Å²) >= 11 is 0. The molecule has 1 saturated heterocycles. The molecule has 1 aliphatic heterocycles. The van der Waals surface area contributed by atoms with Crippen molar-refractivity contribution >= 4 is 34.4 Å². The minimum Gasteiger partial charge on any atom is -0.457 e. The van der Waals surface area contributed by atoms with E-state index in [1.54, 1.807) is 43.5 Å². The van der Waals surface area contributed by atoms with Gasteiger partial charge in [-0.2, -0.15) is 0 Å². The summed E-state index contributed by atoms with van der Waals surface area (Å²) in [5, 5.41) is 0.896. The number of hydrogen-bond acceptors (Lipinski definition) is 7. The Labute approximate surface area is 197 Å². The van der Waals surface area contributed by atoms with Crippen molar-refractivity contribution in [1.29, 1.82) is 0 Å². The van der Waals surface area contributed by atoms with Crippen LogP contribution in [0.25, 0.3) is 10.9 Å². The summed E-state index contributed by atoms with van der Waals surface area (Å²) in [5.74, 6) is -1.59. The van der Waals surface area contributed by atoms with Gasteiger partial charge in [-0.05, 0) is 63.1 Å². The van der Waals surface area contributed by atoms with Crippen LogP contribution in [0.3, 0.4) is 0 Å². The van der Waals surface area contributed by atoms with E-state index in [0.717, 1.165) is 30.7 Å². The second-order valence-corrected chi connectivity index (χ2v) is 9.81. The van der Waals surface area contributed by atoms with Gasteiger partial charge in [-0.1, -0.05) is 6.07 Å². The lowest BCUT2D eigenvalue weighted by Crippen LogP contribution is -2.56. The van der Waals surface area contributed by atoms with Gasteiger partial charge in [0.1, 0.15) is 5.60 Å². The van der Waals surface area contributed by atoms with Gasteiger partial charge >= 0.3 is 11.9 Å². The molecule has 1 aromatic heterocycles. The molecule has 1 amide bonds. The van der Waals surface area contributed by atoms with Gasteiger partial charge < -0.3 is 23.7 Å². The van der Waals surface area contributed by atoms with Crippen molar-refractivity contribution in [2.75, 3.05) is 18.1 Å². The van der Waals surface area contributed by atoms with Crippen LogP contribution in [0.1, 0.15) is 40.5 Å². The maximum absolute atomic E-state index is 13.4. The molecule has 1 aromatic carbocycles. The van der Waals surface area contributed by atoms with Crippen LogP contribution in [-0.4, -0.2) is 53.4 Å². The number of benzene rings is 1. The molecule has 0 radical (unpaired) electrons. The quantitative estimate of drug-likeness (QED) is 0.597. The third-order valence-corrected chi connectivity index (χ3v) is 5.75. The molecule has 2 fully saturated rings. The van der Waals surface area contributed by atoms with Crippen molar-refractivity contribution in [1.82, 2.24) is 4.57 Å². The van der Waals surface area contributed by atoms with Crippen LogP contribution in [-0.2, 0) is 35.1 Å². The summed E-state index contributed by atoms with van der Waals surface area (Å²) in [6, 6.07) is 8.80. The molecule has 9 heteroatoms. The van der Waals surface area contributed by atoms with Gasteiger partial charge in [-0.3, -0.25) is 14.4 Å². The minimum atomic E-state index is -1.53. The Morgan fingerprint density at radius 1 is 1.15 bits per heavy atom. The molecule has 9 nitrogen and oxygen atoms in total. The summed E-state index contributed by atoms with van der Waals surface area (Å²) in [6.07, 6.45) is -0.656. The lowest BCUT2D eigenvalue weighted by molar-refractivity contribution is -0.188. The Balaban J connectivity index is 1.65. The average molecular weight is 471 g/mol. The Hall–Kier alpha value is -3.20. The van der Waals surface area contributed by atoms with Gasteiger partial charge in [0, 0.05) is 31.8 Å². The number of carbonyl (C=O) groups excluding carboxylic acids is 3. The summed E-state index contributed by atoms with van der Waals surface area (Å²) in [4.78, 5) is 51.9. The molecule has 2 aliphatic rings. The number of pyridine rings is 1. The first kappa shape index (κ1) is 23.9. The molecule has 34 heavy (non-hydrogen) atoms. The van der Waals surface area contributed by atoms with Crippen LogP contribution in [0, 0.1) is 5.92 Å². The van der Waals surface area contributed by atoms with Gasteiger partial charge in [-0.25, -0.2) is 4.79 Å². The minimum absolute atomic E-state index is 0.0809. The Kier molecular flexibility index (Phi) is 6.49. The van der Waals surface area contributed by atoms with Crippen molar-refractivity contribution < 1.29 is 28.6 Å². The Morgan fingerprint density at radius 2 is 1.85 bits per heavy atom. The van der Waals surface area contributed by atoms with E-state index in [-0.39, 0.29) is 18.7 Å². The number of anilines is 1. The van der Waals surface area contributed by atoms with Crippen LogP contribution in [0.4, 0.5) is 5.69 Å². The third kappa shape index (κ3) is 5.30. The fraction of sp³-hybridized carbons (Fsp3) is 0.520. The zero-order valence-corrected chi connectivity index (χ0v) is 19.9. The first-order valence-corrected chi connectivity index (χ1v) is 11.5. The molecular formula is C25H30N2O7. The maximum atomic E-state index is 13.4. The highest BCUT2D eigenvalue weighted by molar-refractivity contribution is 6.02. The first-order valence-electron chi connectivity index (χ1n) is 11.5. The van der Waals surface area contributed by atoms with E-state index in [1.807, 2.05) is 12.1 Å². The van der Waals surface area contributed by atoms with E-state index in [0.29, 0.717) is 18.2 Å². The molecule has 1 saturated carbocycles. The lowest BCUT2D eigenvalue weighted by Gasteiger charge is -2.35. The highest BCUT2D eigenvalue weighted by atomic mass is 16.6. The molecule has 182 valence electrons. The molecular weight excluding hydrogens is 440 g/mol. The normalized spacial score (nSPS) is 19.7. The van der Waals surface area contributed by atoms with Gasteiger partial charge in [0.05, 0.1) is 12.1 Å². The third-order valence-electron chi connectivity index (χ3n) is 5.75. The molecule has 2 heterocycles. The van der Waals surface area contributed by atoms with Crippen molar-refractivity contribution in [2.45, 2.75) is 64.9 Å². The molecule has 0 N–H and O–H groups in total. The standard InChI is InChI=1S/C25H30N2O7/c1-15(28)33-22(24(31)34-25(2,3)4)21-23(30)26(11-12-32-21)18-9-7-17-8-10-20(29)27(19(17)13-18)14-16-5-6-16/h7-10,13,16,21-22H,5-6,11-12,14H2,1-4H3/t21-,22-/m1/s1. The van der Waals surface area contributed by atoms with Crippen molar-refractivity contribution in [3.8, 4) is 0 Å². The zero-order chi connectivity index (χ0) is 24.6. The van der Waals surface area contributed by atoms with Crippen LogP contribution in [0.15, 0.2) is 35.1 Å². The summed E-state index contributed by atoms with van der Waals surface area (Å²) in [6.45, 7) is 7.24. The number of esters is 2. The molecule has 2 atom stereocenters. The van der Waals surface area contributed by atoms with Crippen LogP contribution >= 0.6 is 0 Å². The number of carbonyl (C=O) groups is 3. The van der Waals surface area contributed by atoms with E-state index in [9.17, 15) is 19.2 Å². The number of hydrogen-bond donors (Lipinski definition) is 0. The Morgan fingerprint density at radius 3 is 2.50 bits per heavy atom. The van der Waals surface area contributed by atoms with Crippen molar-refractivity contribution in [2.24, 2.45) is 5.92 Å². The van der Waals surface area contributed by atoms with Crippen molar-refractivity contribution in [3.63, 3.8) is 0 Å². The van der Waals surface area contributed by atoms with E-state index < -0.39 is 35.7 Å². The SMILES string of the molecule is CC(=O)O[C@@H](C(=O)OC(C)(C)C)[C@H]1OCCN(c2ccc3ccc(=O)n(CC4CC4)c3c2)C1=O. The number of aromatic nitrogens is 1. The average Bonchev–Trinajstić information content (AvgIpc) is 3.57. The highest BCUT2D eigenvalue weighted by Gasteiger charge is 2.44. The van der Waals surface area contributed by atoms with Crippen LogP contribution in [0.2, 0.25) is 0 Å². The predicted octanol–water partition coefficient (Wildman–Crippen LogP) is 2.42. The molecule has 0 spiro atoms. The predicted molar refractivity (Wildman–Crippen MR) is 124 cm³/mol. The molecule has 0 bridgehead atoms. The number of morpholine rings is 1. The maximum Gasteiger partial charge on any atom is 0.351 e. The molecule has 1 aliphatic carbocycles. The first-order chi connectivity index (χ1) is 16.0. The number of rotatable bonds is 6. The lowest BCUT2D eigenvalue weighted by atomic mass is 10.1. The molecule has 4 rings (SSSR count). The second-order valence-electron chi connectivity index (χ2n) is 9.81. The summed E-state index contributed by atoms with van der Waals surface area (Å²) < 4.78 is 17.9. The van der Waals surface area contributed by atoms with E-state index in [2.05, 4.69) is 0 Å². The van der Waals surface area contributed by atoms with Gasteiger partial charge in [-0.15, -0.1) is 0 Å². The van der Waals surface area contributed by atoms with E-state index >= 15 is 0 Å². The number of nitrogens with zero attached hydrogens (tertiary/aromatic N) is 2. The summed E-state index contributed by atoms with van der Waals surface area (Å²) in [5.41, 5.74) is 0.405. The fourth-order valence-electron chi connectivity index (χ4n) is 4.04. The topological polar surface area (TPSA) is 104 Å². The highest BCUT2D eigenvalue weighted by Crippen LogP contribution is 2.32. The van der Waals surface area contributed by atoms with Crippen LogP contribution in [0.5, 0.6) is 0 Å². The zero-order valence-electron chi connectivity index (χ0n) is 19.9. The van der Waals surface area contributed by atoms with Gasteiger partial charge in [0.15, 0.2) is 6.10 Å². The number of amides is 1. The van der Waals surface area contributed by atoms with Crippen molar-refractivity contribution in [3.05, 3.63) is 40.7 Å². The largest absolute Gasteiger partial charge is 0.457 e. The van der Waals surface area contributed by atoms with Gasteiger partial charge in [0.25, 0.3) is 11.5 Å². The fourth-order valence-corrected chi connectivity index (χ4v) is 4.04. The monoisotopic (exact) mass is 470 g/mol. The molecule has 0 unspecified atom stereocenters. The van der Waals surface area contributed by atoms with Crippen LogP contribution < -0.4 is 10.5 Å². The Bertz CT molecular complexity index is 1180. The number of fused-ring (bicyclic) bond motifs is 1. The van der Waals surface area contributed by atoms with E-state index in [4.69, 9.17) is 14.2 Å². The van der Waals surface area contributed by atoms with E-state index in [1.165, 1.54) is 4.90 Å². The number of ether oxygens (including phenoxy) is 3.